The summed E-state index contributed by atoms with van der Waals surface area (Å²) in [6.07, 6.45) is 3.28. The number of amides is 1. The van der Waals surface area contributed by atoms with Gasteiger partial charge in [0.25, 0.3) is 0 Å². The van der Waals surface area contributed by atoms with Gasteiger partial charge in [-0.15, -0.1) is 0 Å². The van der Waals surface area contributed by atoms with E-state index in [-0.39, 0.29) is 17.9 Å². The molecule has 3 aromatic rings. The predicted molar refractivity (Wildman–Crippen MR) is 109 cm³/mol. The van der Waals surface area contributed by atoms with Gasteiger partial charge in [-0.1, -0.05) is 65.8 Å². The number of hydrogen-bond acceptors (Lipinski definition) is 5. The summed E-state index contributed by atoms with van der Waals surface area (Å²) in [4.78, 5) is 24.5. The van der Waals surface area contributed by atoms with Crippen LogP contribution in [0.1, 0.15) is 36.2 Å². The van der Waals surface area contributed by atoms with Gasteiger partial charge in [-0.3, -0.25) is 4.79 Å². The van der Waals surface area contributed by atoms with E-state index in [1.54, 1.807) is 6.26 Å². The van der Waals surface area contributed by atoms with Crippen LogP contribution in [0.2, 0.25) is 0 Å². The summed E-state index contributed by atoms with van der Waals surface area (Å²) in [6, 6.07) is 19.9. The lowest BCUT2D eigenvalue weighted by molar-refractivity contribution is -0.129. The standard InChI is InChI=1S/C23H23N3O3/c1-17(19-10-6-3-7-11-19)26-13-20(12-22(26)27)23(21-15-28-16-24-21)25-29-14-18-8-4-2-5-9-18/h2-11,15-17,20H,12-14H2,1H3/b25-23-/t17-,20?/m0/s1. The average molecular weight is 389 g/mol. The van der Waals surface area contributed by atoms with Crippen molar-refractivity contribution in [2.45, 2.75) is 26.0 Å². The van der Waals surface area contributed by atoms with Gasteiger partial charge in [-0.25, -0.2) is 4.98 Å². The van der Waals surface area contributed by atoms with Gasteiger partial charge in [0.05, 0.1) is 6.04 Å². The summed E-state index contributed by atoms with van der Waals surface area (Å²) >= 11 is 0. The summed E-state index contributed by atoms with van der Waals surface area (Å²) in [5, 5.41) is 4.36. The van der Waals surface area contributed by atoms with Crippen LogP contribution < -0.4 is 0 Å². The maximum atomic E-state index is 12.8. The highest BCUT2D eigenvalue weighted by atomic mass is 16.6. The number of oxime groups is 1. The SMILES string of the molecule is C[C@@H](c1ccccc1)N1CC(/C(=N/OCc2ccccc2)c2cocn2)CC1=O. The highest BCUT2D eigenvalue weighted by Gasteiger charge is 2.37. The molecule has 1 saturated heterocycles. The van der Waals surface area contributed by atoms with Gasteiger partial charge in [0.15, 0.2) is 6.39 Å². The Morgan fingerprint density at radius 3 is 2.62 bits per heavy atom. The first-order valence-corrected chi connectivity index (χ1v) is 9.69. The topological polar surface area (TPSA) is 67.9 Å². The second kappa shape index (κ2) is 8.73. The Morgan fingerprint density at radius 2 is 1.93 bits per heavy atom. The fraction of sp³-hybridized carbons (Fsp3) is 0.261. The lowest BCUT2D eigenvalue weighted by Crippen LogP contribution is -2.29. The van der Waals surface area contributed by atoms with E-state index in [0.717, 1.165) is 11.1 Å². The Kier molecular flexibility index (Phi) is 5.70. The van der Waals surface area contributed by atoms with Crippen LogP contribution in [-0.2, 0) is 16.2 Å². The van der Waals surface area contributed by atoms with Crippen LogP contribution in [-0.4, -0.2) is 28.0 Å². The number of oxazole rings is 1. The first-order valence-electron chi connectivity index (χ1n) is 9.69. The molecule has 148 valence electrons. The summed E-state index contributed by atoms with van der Waals surface area (Å²) in [5.41, 5.74) is 3.38. The van der Waals surface area contributed by atoms with Crippen molar-refractivity contribution in [3.63, 3.8) is 0 Å². The summed E-state index contributed by atoms with van der Waals surface area (Å²) in [6.45, 7) is 2.97. The molecule has 0 radical (unpaired) electrons. The Labute approximate surface area is 169 Å². The van der Waals surface area contributed by atoms with Gasteiger partial charge < -0.3 is 14.2 Å². The zero-order chi connectivity index (χ0) is 20.1. The Morgan fingerprint density at radius 1 is 1.21 bits per heavy atom. The van der Waals surface area contributed by atoms with E-state index in [0.29, 0.717) is 31.0 Å². The molecule has 0 saturated carbocycles. The molecule has 2 aromatic carbocycles. The Balaban J connectivity index is 1.51. The van der Waals surface area contributed by atoms with E-state index in [2.05, 4.69) is 17.1 Å². The first-order chi connectivity index (χ1) is 14.2. The number of carbonyl (C=O) groups is 1. The molecule has 0 aliphatic carbocycles. The molecule has 1 amide bonds. The average Bonchev–Trinajstić information content (AvgIpc) is 3.42. The van der Waals surface area contributed by atoms with Crippen molar-refractivity contribution in [1.82, 2.24) is 9.88 Å². The molecular weight excluding hydrogens is 366 g/mol. The number of nitrogens with zero attached hydrogens (tertiary/aromatic N) is 3. The van der Waals surface area contributed by atoms with Crippen molar-refractivity contribution in [3.8, 4) is 0 Å². The van der Waals surface area contributed by atoms with Gasteiger partial charge in [-0.2, -0.15) is 0 Å². The van der Waals surface area contributed by atoms with Gasteiger partial charge >= 0.3 is 0 Å². The van der Waals surface area contributed by atoms with Gasteiger partial charge in [0.2, 0.25) is 5.91 Å². The van der Waals surface area contributed by atoms with Crippen molar-refractivity contribution in [2.75, 3.05) is 6.54 Å². The van der Waals surface area contributed by atoms with Crippen molar-refractivity contribution in [2.24, 2.45) is 11.1 Å². The Hall–Kier alpha value is -3.41. The molecule has 1 aromatic heterocycles. The molecule has 1 aliphatic heterocycles. The van der Waals surface area contributed by atoms with E-state index in [9.17, 15) is 4.79 Å². The molecule has 4 rings (SSSR count). The molecule has 29 heavy (non-hydrogen) atoms. The number of benzene rings is 2. The van der Waals surface area contributed by atoms with E-state index in [4.69, 9.17) is 9.25 Å². The molecule has 1 unspecified atom stereocenters. The lowest BCUT2D eigenvalue weighted by Gasteiger charge is -2.25. The monoisotopic (exact) mass is 389 g/mol. The normalized spacial score (nSPS) is 18.1. The number of rotatable bonds is 7. The quantitative estimate of drug-likeness (QED) is 0.448. The minimum absolute atomic E-state index is 0.00232. The largest absolute Gasteiger partial charge is 0.451 e. The van der Waals surface area contributed by atoms with Crippen molar-refractivity contribution >= 4 is 11.6 Å². The van der Waals surface area contributed by atoms with E-state index in [1.165, 1.54) is 6.39 Å². The number of likely N-dealkylation sites (tertiary alicyclic amines) is 1. The van der Waals surface area contributed by atoms with E-state index >= 15 is 0 Å². The zero-order valence-corrected chi connectivity index (χ0v) is 16.3. The number of hydrogen-bond donors (Lipinski definition) is 0. The third-order valence-electron chi connectivity index (χ3n) is 5.23. The first kappa shape index (κ1) is 18.9. The molecule has 6 heteroatoms. The van der Waals surface area contributed by atoms with E-state index in [1.807, 2.05) is 65.6 Å². The van der Waals surface area contributed by atoms with Gasteiger partial charge in [0.1, 0.15) is 24.3 Å². The van der Waals surface area contributed by atoms with Crippen LogP contribution in [0.15, 0.2) is 82.9 Å². The lowest BCUT2D eigenvalue weighted by atomic mass is 10.00. The summed E-state index contributed by atoms with van der Waals surface area (Å²) in [7, 11) is 0. The smallest absolute Gasteiger partial charge is 0.223 e. The van der Waals surface area contributed by atoms with Crippen LogP contribution in [0.5, 0.6) is 0 Å². The molecule has 0 N–H and O–H groups in total. The maximum absolute atomic E-state index is 12.8. The van der Waals surface area contributed by atoms with Crippen LogP contribution in [0.3, 0.4) is 0 Å². The van der Waals surface area contributed by atoms with Crippen molar-refractivity contribution in [1.29, 1.82) is 0 Å². The van der Waals surface area contributed by atoms with Crippen molar-refractivity contribution < 1.29 is 14.0 Å². The highest BCUT2D eigenvalue weighted by Crippen LogP contribution is 2.30. The molecular formula is C23H23N3O3. The minimum atomic E-state index is -0.102. The molecule has 1 aliphatic rings. The fourth-order valence-electron chi connectivity index (χ4n) is 3.62. The van der Waals surface area contributed by atoms with Crippen LogP contribution in [0.4, 0.5) is 0 Å². The fourth-order valence-corrected chi connectivity index (χ4v) is 3.62. The third kappa shape index (κ3) is 4.37. The molecule has 0 bridgehead atoms. The van der Waals surface area contributed by atoms with E-state index < -0.39 is 0 Å². The van der Waals surface area contributed by atoms with Crippen LogP contribution >= 0.6 is 0 Å². The zero-order valence-electron chi connectivity index (χ0n) is 16.3. The molecule has 0 spiro atoms. The summed E-state index contributed by atoms with van der Waals surface area (Å²) < 4.78 is 5.14. The maximum Gasteiger partial charge on any atom is 0.223 e. The Bertz CT molecular complexity index is 956. The van der Waals surface area contributed by atoms with Crippen molar-refractivity contribution in [3.05, 3.63) is 90.1 Å². The minimum Gasteiger partial charge on any atom is -0.451 e. The number of carbonyl (C=O) groups excluding carboxylic acids is 1. The van der Waals surface area contributed by atoms with Gasteiger partial charge in [-0.05, 0) is 18.1 Å². The number of aromatic nitrogens is 1. The molecule has 1 fully saturated rings. The van der Waals surface area contributed by atoms with Crippen LogP contribution in [0, 0.1) is 5.92 Å². The van der Waals surface area contributed by atoms with Gasteiger partial charge in [0, 0.05) is 18.9 Å². The molecule has 2 atom stereocenters. The summed E-state index contributed by atoms with van der Waals surface area (Å²) in [5.74, 6) is 0.000132. The second-order valence-electron chi connectivity index (χ2n) is 7.14. The molecule has 2 heterocycles. The highest BCUT2D eigenvalue weighted by molar-refractivity contribution is 6.03. The second-order valence-corrected chi connectivity index (χ2v) is 7.14. The van der Waals surface area contributed by atoms with Crippen LogP contribution in [0.25, 0.3) is 0 Å². The third-order valence-corrected chi connectivity index (χ3v) is 5.23. The molecule has 6 nitrogen and oxygen atoms in total. The predicted octanol–water partition coefficient (Wildman–Crippen LogP) is 4.21.